The fraction of sp³-hybridized carbons (Fsp3) is 0.294. The van der Waals surface area contributed by atoms with Crippen molar-refractivity contribution < 1.29 is 19.2 Å². The molecule has 5 aromatic rings. The average molecular weight is 688 g/mol. The third-order valence-corrected chi connectivity index (χ3v) is 10.3. The third-order valence-electron chi connectivity index (χ3n) is 9.10. The second kappa shape index (κ2) is 9.58. The molecule has 0 bridgehead atoms. The van der Waals surface area contributed by atoms with E-state index in [2.05, 4.69) is 31.9 Å². The van der Waals surface area contributed by atoms with Crippen LogP contribution >= 0.6 is 31.9 Å². The summed E-state index contributed by atoms with van der Waals surface area (Å²) in [6.07, 6.45) is 3.18. The molecule has 2 atom stereocenters. The van der Waals surface area contributed by atoms with Crippen molar-refractivity contribution in [1.29, 1.82) is 0 Å². The molecule has 2 heterocycles. The minimum Gasteiger partial charge on any atom is -0.272 e. The zero-order valence-electron chi connectivity index (χ0n) is 23.7. The predicted octanol–water partition coefficient (Wildman–Crippen LogP) is 8.83. The Hall–Kier alpha value is -3.36. The molecule has 212 valence electrons. The van der Waals surface area contributed by atoms with Gasteiger partial charge in [-0.2, -0.15) is 0 Å². The van der Waals surface area contributed by atoms with Crippen molar-refractivity contribution in [3.05, 3.63) is 67.6 Å². The average Bonchev–Trinajstić information content (AvgIpc) is 2.95. The number of nitrogens with zero attached hydrogens (tertiary/aromatic N) is 2. The van der Waals surface area contributed by atoms with E-state index in [1.54, 1.807) is 0 Å². The lowest BCUT2D eigenvalue weighted by atomic mass is 9.82. The van der Waals surface area contributed by atoms with Crippen molar-refractivity contribution in [2.24, 2.45) is 0 Å². The molecular formula is C34H28Br2N2O4. The largest absolute Gasteiger partial charge is 0.272 e. The van der Waals surface area contributed by atoms with E-state index in [0.29, 0.717) is 33.0 Å². The number of amides is 4. The number of halogens is 2. The Bertz CT molecular complexity index is 1940. The summed E-state index contributed by atoms with van der Waals surface area (Å²) in [6.45, 7) is 7.92. The monoisotopic (exact) mass is 686 g/mol. The van der Waals surface area contributed by atoms with Gasteiger partial charge in [-0.15, -0.1) is 0 Å². The second-order valence-electron chi connectivity index (χ2n) is 11.6. The first kappa shape index (κ1) is 27.5. The molecule has 2 unspecified atom stereocenters. The minimum absolute atomic E-state index is 0.208. The Labute approximate surface area is 259 Å². The number of carbonyl (C=O) groups excluding carboxylic acids is 4. The molecule has 0 saturated carbocycles. The van der Waals surface area contributed by atoms with Crippen LogP contribution in [0.4, 0.5) is 0 Å². The van der Waals surface area contributed by atoms with Crippen LogP contribution in [0.3, 0.4) is 0 Å². The number of hydrogen-bond donors (Lipinski definition) is 0. The lowest BCUT2D eigenvalue weighted by molar-refractivity contribution is 0.0528. The van der Waals surface area contributed by atoms with Gasteiger partial charge < -0.3 is 0 Å². The predicted molar refractivity (Wildman–Crippen MR) is 173 cm³/mol. The van der Waals surface area contributed by atoms with Gasteiger partial charge in [-0.25, -0.2) is 0 Å². The number of hydrogen-bond acceptors (Lipinski definition) is 4. The van der Waals surface area contributed by atoms with Crippen molar-refractivity contribution in [3.8, 4) is 0 Å². The van der Waals surface area contributed by atoms with Crippen LogP contribution in [0.15, 0.2) is 45.3 Å². The summed E-state index contributed by atoms with van der Waals surface area (Å²) in [4.78, 5) is 58.1. The number of imide groups is 2. The number of rotatable bonds is 6. The van der Waals surface area contributed by atoms with Crippen molar-refractivity contribution >= 4 is 98.6 Å². The summed E-state index contributed by atoms with van der Waals surface area (Å²) in [6, 6.07) is 10.7. The molecule has 0 aliphatic carbocycles. The third kappa shape index (κ3) is 3.42. The zero-order valence-corrected chi connectivity index (χ0v) is 26.9. The molecule has 2 aliphatic heterocycles. The summed E-state index contributed by atoms with van der Waals surface area (Å²) >= 11 is 7.56. The van der Waals surface area contributed by atoms with Gasteiger partial charge in [0.2, 0.25) is 0 Å². The number of carbonyl (C=O) groups is 4. The van der Waals surface area contributed by atoms with Crippen LogP contribution in [0.2, 0.25) is 0 Å². The highest BCUT2D eigenvalue weighted by atomic mass is 79.9. The van der Waals surface area contributed by atoms with Crippen molar-refractivity contribution in [3.63, 3.8) is 0 Å². The van der Waals surface area contributed by atoms with Crippen LogP contribution in [0.1, 0.15) is 94.8 Å². The minimum atomic E-state index is -0.289. The van der Waals surface area contributed by atoms with Gasteiger partial charge in [0.05, 0.1) is 0 Å². The molecule has 42 heavy (non-hydrogen) atoms. The van der Waals surface area contributed by atoms with Crippen LogP contribution in [0.25, 0.3) is 43.1 Å². The molecule has 5 aromatic carbocycles. The molecule has 0 spiro atoms. The van der Waals surface area contributed by atoms with Gasteiger partial charge in [-0.1, -0.05) is 70.7 Å². The fourth-order valence-electron chi connectivity index (χ4n) is 7.30. The summed E-state index contributed by atoms with van der Waals surface area (Å²) in [5, 5.41) is 6.36. The summed E-state index contributed by atoms with van der Waals surface area (Å²) in [5.41, 5.74) is 2.01. The van der Waals surface area contributed by atoms with E-state index < -0.39 is 0 Å². The van der Waals surface area contributed by atoms with Gasteiger partial charge >= 0.3 is 0 Å². The number of fused-ring (bicyclic) bond motifs is 2. The highest BCUT2D eigenvalue weighted by molar-refractivity contribution is 9.11. The van der Waals surface area contributed by atoms with Crippen LogP contribution in [0, 0.1) is 0 Å². The molecule has 0 fully saturated rings. The molecule has 0 saturated heterocycles. The SMILES string of the molecule is CCCC(C)N1C(=O)c2ccc3c4c(Br)cc5c6c(cc(Br)c(c7ccc(c2c37)C1=O)c64)C(=O)N(C(C)CCC)C5=O. The van der Waals surface area contributed by atoms with E-state index >= 15 is 0 Å². The van der Waals surface area contributed by atoms with E-state index in [-0.39, 0.29) is 35.7 Å². The first-order valence-corrected chi connectivity index (χ1v) is 16.1. The zero-order chi connectivity index (χ0) is 29.8. The molecule has 6 nitrogen and oxygen atoms in total. The molecular weight excluding hydrogens is 660 g/mol. The van der Waals surface area contributed by atoms with Crippen LogP contribution in [0.5, 0.6) is 0 Å². The molecule has 0 radical (unpaired) electrons. The second-order valence-corrected chi connectivity index (χ2v) is 13.3. The highest BCUT2D eigenvalue weighted by Crippen LogP contribution is 2.50. The molecule has 8 heteroatoms. The maximum Gasteiger partial charge on any atom is 0.261 e. The standard InChI is InChI=1S/C34H28Br2N2O4/c1-5-7-15(3)37-31(39)19-11-9-17-25-18(10-12-20(26(19)25)32(37)40)29-24(36)14-22-27-21(13-23(35)28(17)30(27)29)33(41)38(34(22)42)16(4)8-6-2/h9-16H,5-8H2,1-4H3. The number of benzene rings is 5. The lowest BCUT2D eigenvalue weighted by Crippen LogP contribution is -2.46. The Morgan fingerprint density at radius 3 is 1.33 bits per heavy atom. The van der Waals surface area contributed by atoms with Crippen molar-refractivity contribution in [2.45, 2.75) is 65.5 Å². The molecule has 0 N–H and O–H groups in total. The maximum atomic E-state index is 13.9. The quantitative estimate of drug-likeness (QED) is 0.102. The first-order valence-electron chi connectivity index (χ1n) is 14.5. The highest BCUT2D eigenvalue weighted by Gasteiger charge is 2.40. The van der Waals surface area contributed by atoms with Gasteiger partial charge in [0.25, 0.3) is 23.6 Å². The Morgan fingerprint density at radius 2 is 0.929 bits per heavy atom. The normalized spacial score (nSPS) is 16.6. The van der Waals surface area contributed by atoms with E-state index in [0.717, 1.165) is 66.9 Å². The van der Waals surface area contributed by atoms with Gasteiger partial charge in [0.1, 0.15) is 0 Å². The molecule has 7 rings (SSSR count). The van der Waals surface area contributed by atoms with E-state index in [1.165, 1.54) is 9.80 Å². The van der Waals surface area contributed by atoms with Crippen LogP contribution < -0.4 is 0 Å². The fourth-order valence-corrected chi connectivity index (χ4v) is 8.58. The Kier molecular flexibility index (Phi) is 6.26. The summed E-state index contributed by atoms with van der Waals surface area (Å²) in [5.74, 6) is -1.13. The molecule has 2 aliphatic rings. The Balaban J connectivity index is 1.60. The van der Waals surface area contributed by atoms with Crippen LogP contribution in [-0.4, -0.2) is 45.5 Å². The van der Waals surface area contributed by atoms with E-state index in [9.17, 15) is 19.2 Å². The lowest BCUT2D eigenvalue weighted by Gasteiger charge is -2.34. The summed E-state index contributed by atoms with van der Waals surface area (Å²) in [7, 11) is 0. The van der Waals surface area contributed by atoms with Gasteiger partial charge in [0.15, 0.2) is 0 Å². The van der Waals surface area contributed by atoms with Gasteiger partial charge in [0, 0.05) is 70.2 Å². The summed E-state index contributed by atoms with van der Waals surface area (Å²) < 4.78 is 1.44. The van der Waals surface area contributed by atoms with Crippen molar-refractivity contribution in [1.82, 2.24) is 9.80 Å². The maximum absolute atomic E-state index is 13.9. The van der Waals surface area contributed by atoms with E-state index in [1.807, 2.05) is 64.1 Å². The topological polar surface area (TPSA) is 74.8 Å². The Morgan fingerprint density at radius 1 is 0.548 bits per heavy atom. The first-order chi connectivity index (χ1) is 20.1. The van der Waals surface area contributed by atoms with Crippen molar-refractivity contribution in [2.75, 3.05) is 0 Å². The van der Waals surface area contributed by atoms with Gasteiger partial charge in [-0.05, 0) is 67.1 Å². The molecule has 4 amide bonds. The van der Waals surface area contributed by atoms with Gasteiger partial charge in [-0.3, -0.25) is 29.0 Å². The van der Waals surface area contributed by atoms with Crippen LogP contribution in [-0.2, 0) is 0 Å². The van der Waals surface area contributed by atoms with E-state index in [4.69, 9.17) is 0 Å². The molecule has 0 aromatic heterocycles. The smallest absolute Gasteiger partial charge is 0.261 e.